The Balaban J connectivity index is 0.692. The quantitative estimate of drug-likeness (QED) is 0.144. The predicted octanol–water partition coefficient (Wildman–Crippen LogP) is 18.7. The first-order chi connectivity index (χ1) is 37.2. The van der Waals surface area contributed by atoms with Crippen LogP contribution in [0.5, 0.6) is 0 Å². The molecule has 2 aromatic heterocycles. The number of para-hydroxylation sites is 3. The van der Waals surface area contributed by atoms with Crippen LogP contribution in [-0.4, -0.2) is 9.13 Å². The van der Waals surface area contributed by atoms with Crippen LogP contribution in [0.2, 0.25) is 0 Å². The molecule has 0 fully saturated rings. The zero-order valence-electron chi connectivity index (χ0n) is 41.3. The smallest absolute Gasteiger partial charge is 0.0713 e. The molecule has 1 atom stereocenters. The van der Waals surface area contributed by atoms with Gasteiger partial charge >= 0.3 is 0 Å². The number of hydrogen-bond acceptors (Lipinski definition) is 0. The van der Waals surface area contributed by atoms with E-state index in [1.807, 2.05) is 0 Å². The molecule has 0 radical (unpaired) electrons. The van der Waals surface area contributed by atoms with Gasteiger partial charge in [-0.05, 0) is 145 Å². The Bertz CT molecular complexity index is 4370. The van der Waals surface area contributed by atoms with Gasteiger partial charge in [-0.25, -0.2) is 0 Å². The van der Waals surface area contributed by atoms with E-state index in [0.29, 0.717) is 5.92 Å². The van der Waals surface area contributed by atoms with Crippen molar-refractivity contribution in [2.45, 2.75) is 17.8 Å². The normalized spacial score (nSPS) is 14.6. The minimum absolute atomic E-state index is 0.312. The number of benzene rings is 11. The Morgan fingerprint density at radius 1 is 0.333 bits per heavy atom. The van der Waals surface area contributed by atoms with Crippen LogP contribution >= 0.6 is 0 Å². The molecule has 13 aromatic rings. The molecule has 0 aliphatic heterocycles. The average Bonchev–Trinajstić information content (AvgIpc) is 4.15. The number of fused-ring (bicyclic) bond motifs is 9. The third-order valence-electron chi connectivity index (χ3n) is 16.4. The molecular weight excluding hydrogens is 905 g/mol. The highest BCUT2D eigenvalue weighted by Crippen LogP contribution is 2.56. The maximum atomic E-state index is 2.43. The summed E-state index contributed by atoms with van der Waals surface area (Å²) in [4.78, 5) is 0. The van der Waals surface area contributed by atoms with Gasteiger partial charge in [-0.2, -0.15) is 0 Å². The third-order valence-corrected chi connectivity index (χ3v) is 16.4. The van der Waals surface area contributed by atoms with Crippen LogP contribution in [0.1, 0.15) is 45.7 Å². The lowest BCUT2D eigenvalue weighted by atomic mass is 9.67. The highest BCUT2D eigenvalue weighted by Gasteiger charge is 2.45. The SMILES string of the molecule is C1=CC(c2ccc(-n3c4ccccc4c4cc(-c5ccc6c(c5)c5ccccc5n6-c5ccccc5)ccc43)cc2)CC=C1c1ccc(-c2cccc(C3(c4ccccc4)c4ccccc4-c4ccccc43)c2)cc1. The van der Waals surface area contributed by atoms with Gasteiger partial charge in [0, 0.05) is 38.8 Å². The summed E-state index contributed by atoms with van der Waals surface area (Å²) in [5.74, 6) is 0.312. The van der Waals surface area contributed by atoms with Gasteiger partial charge in [0.15, 0.2) is 0 Å². The molecule has 2 heteroatoms. The topological polar surface area (TPSA) is 9.86 Å². The van der Waals surface area contributed by atoms with Gasteiger partial charge in [-0.15, -0.1) is 0 Å². The van der Waals surface area contributed by atoms with E-state index in [1.54, 1.807) is 0 Å². The summed E-state index contributed by atoms with van der Waals surface area (Å²) in [6.07, 6.45) is 8.08. The molecule has 0 saturated carbocycles. The van der Waals surface area contributed by atoms with Gasteiger partial charge < -0.3 is 9.13 Å². The molecule has 0 amide bonds. The lowest BCUT2D eigenvalue weighted by molar-refractivity contribution is 0.769. The molecule has 0 N–H and O–H groups in total. The van der Waals surface area contributed by atoms with E-state index in [4.69, 9.17) is 0 Å². The van der Waals surface area contributed by atoms with Crippen molar-refractivity contribution in [1.29, 1.82) is 0 Å². The molecular formula is C73H50N2. The van der Waals surface area contributed by atoms with Crippen LogP contribution in [-0.2, 0) is 5.41 Å². The fourth-order valence-electron chi connectivity index (χ4n) is 12.9. The number of nitrogens with zero attached hydrogens (tertiary/aromatic N) is 2. The van der Waals surface area contributed by atoms with Crippen molar-refractivity contribution in [2.75, 3.05) is 0 Å². The lowest BCUT2D eigenvalue weighted by Crippen LogP contribution is -2.28. The molecule has 2 aliphatic carbocycles. The van der Waals surface area contributed by atoms with E-state index in [1.165, 1.54) is 127 Å². The zero-order valence-corrected chi connectivity index (χ0v) is 41.3. The van der Waals surface area contributed by atoms with Gasteiger partial charge in [0.2, 0.25) is 0 Å². The summed E-state index contributed by atoms with van der Waals surface area (Å²) in [6.45, 7) is 0. The van der Waals surface area contributed by atoms with E-state index in [2.05, 4.69) is 294 Å². The first-order valence-corrected chi connectivity index (χ1v) is 26.3. The van der Waals surface area contributed by atoms with Crippen molar-refractivity contribution in [3.05, 3.63) is 319 Å². The second-order valence-corrected chi connectivity index (χ2v) is 20.3. The Kier molecular flexibility index (Phi) is 9.96. The van der Waals surface area contributed by atoms with Crippen molar-refractivity contribution in [3.8, 4) is 44.8 Å². The summed E-state index contributed by atoms with van der Waals surface area (Å²) in [5, 5.41) is 5.04. The maximum Gasteiger partial charge on any atom is 0.0713 e. The van der Waals surface area contributed by atoms with Crippen molar-refractivity contribution in [1.82, 2.24) is 9.13 Å². The van der Waals surface area contributed by atoms with E-state index < -0.39 is 5.41 Å². The van der Waals surface area contributed by atoms with Crippen LogP contribution in [0.3, 0.4) is 0 Å². The molecule has 15 rings (SSSR count). The van der Waals surface area contributed by atoms with Crippen LogP contribution in [0.15, 0.2) is 285 Å². The minimum atomic E-state index is -0.416. The monoisotopic (exact) mass is 954 g/mol. The number of rotatable bonds is 8. The molecule has 1 unspecified atom stereocenters. The molecule has 0 spiro atoms. The second-order valence-electron chi connectivity index (χ2n) is 20.3. The molecule has 2 heterocycles. The van der Waals surface area contributed by atoms with Gasteiger partial charge in [-0.1, -0.05) is 218 Å². The summed E-state index contributed by atoms with van der Waals surface area (Å²) < 4.78 is 4.81. The minimum Gasteiger partial charge on any atom is -0.309 e. The number of hydrogen-bond donors (Lipinski definition) is 0. The first kappa shape index (κ1) is 43.1. The standard InChI is InChI=1S/C73H50N2/c1-3-17-57(18-4-1)73(67-26-11-7-22-61(67)62-23-8-12-27-68(62)73)58-19-15-16-54(46-58)53-36-34-50(35-37-53)49-30-32-51(33-31-49)52-38-42-60(43-39-52)75-70-29-14-10-25-64(70)66-48-56(41-45-72(66)75)55-40-44-71-65(47-55)63-24-9-13-28-69(63)74(71)59-20-5-2-6-21-59/h1-32,34-48,51H,33H2. The van der Waals surface area contributed by atoms with Gasteiger partial charge in [0.05, 0.1) is 27.5 Å². The third kappa shape index (κ3) is 6.80. The molecule has 0 saturated heterocycles. The summed E-state index contributed by atoms with van der Waals surface area (Å²) in [5.41, 5.74) is 23.3. The van der Waals surface area contributed by atoms with Crippen LogP contribution in [0.4, 0.5) is 0 Å². The van der Waals surface area contributed by atoms with Gasteiger partial charge in [0.25, 0.3) is 0 Å². The van der Waals surface area contributed by atoms with Crippen molar-refractivity contribution >= 4 is 49.2 Å². The Morgan fingerprint density at radius 3 is 1.41 bits per heavy atom. The van der Waals surface area contributed by atoms with Crippen LogP contribution < -0.4 is 0 Å². The maximum absolute atomic E-state index is 2.43. The number of aromatic nitrogens is 2. The van der Waals surface area contributed by atoms with E-state index >= 15 is 0 Å². The van der Waals surface area contributed by atoms with Crippen molar-refractivity contribution in [2.24, 2.45) is 0 Å². The lowest BCUT2D eigenvalue weighted by Gasteiger charge is -2.34. The molecule has 11 aromatic carbocycles. The molecule has 75 heavy (non-hydrogen) atoms. The molecule has 2 nitrogen and oxygen atoms in total. The summed E-state index contributed by atoms with van der Waals surface area (Å²) >= 11 is 0. The fraction of sp³-hybridized carbons (Fsp3) is 0.0411. The predicted molar refractivity (Wildman–Crippen MR) is 314 cm³/mol. The second kappa shape index (κ2) is 17.3. The van der Waals surface area contributed by atoms with Crippen LogP contribution in [0, 0.1) is 0 Å². The Hall–Kier alpha value is -9.50. The molecule has 2 aliphatic rings. The Morgan fingerprint density at radius 2 is 0.813 bits per heavy atom. The first-order valence-electron chi connectivity index (χ1n) is 26.3. The van der Waals surface area contributed by atoms with Crippen LogP contribution in [0.25, 0.3) is 93.9 Å². The van der Waals surface area contributed by atoms with Gasteiger partial charge in [0.1, 0.15) is 0 Å². The Labute approximate surface area is 437 Å². The molecule has 352 valence electrons. The summed E-state index contributed by atoms with van der Waals surface area (Å²) in [7, 11) is 0. The number of allylic oxidation sites excluding steroid dienone is 4. The average molecular weight is 955 g/mol. The molecule has 0 bridgehead atoms. The zero-order chi connectivity index (χ0) is 49.5. The van der Waals surface area contributed by atoms with E-state index in [9.17, 15) is 0 Å². The fourth-order valence-corrected chi connectivity index (χ4v) is 12.9. The van der Waals surface area contributed by atoms with Crippen molar-refractivity contribution < 1.29 is 0 Å². The van der Waals surface area contributed by atoms with Crippen molar-refractivity contribution in [3.63, 3.8) is 0 Å². The van der Waals surface area contributed by atoms with E-state index in [-0.39, 0.29) is 0 Å². The highest BCUT2D eigenvalue weighted by molar-refractivity contribution is 6.12. The van der Waals surface area contributed by atoms with E-state index in [0.717, 1.165) is 6.42 Å². The largest absolute Gasteiger partial charge is 0.309 e. The summed E-state index contributed by atoms with van der Waals surface area (Å²) in [6, 6.07) is 98.8. The van der Waals surface area contributed by atoms with Gasteiger partial charge in [-0.3, -0.25) is 0 Å². The highest BCUT2D eigenvalue weighted by atomic mass is 15.0.